The zero-order valence-corrected chi connectivity index (χ0v) is 10.2. The number of hydrogen-bond acceptors (Lipinski definition) is 4. The van der Waals surface area contributed by atoms with Crippen LogP contribution in [0.4, 0.5) is 13.2 Å². The summed E-state index contributed by atoms with van der Waals surface area (Å²) < 4.78 is 49.8. The third kappa shape index (κ3) is 2.17. The van der Waals surface area contributed by atoms with E-state index in [-0.39, 0.29) is 11.5 Å². The van der Waals surface area contributed by atoms with Crippen molar-refractivity contribution in [2.75, 3.05) is 0 Å². The summed E-state index contributed by atoms with van der Waals surface area (Å²) in [5.41, 5.74) is 0.340. The van der Waals surface area contributed by atoms with E-state index >= 15 is 0 Å². The Bertz CT molecular complexity index is 884. The van der Waals surface area contributed by atoms with Crippen LogP contribution in [0.3, 0.4) is 0 Å². The van der Waals surface area contributed by atoms with Crippen molar-refractivity contribution < 1.29 is 22.3 Å². The second kappa shape index (κ2) is 4.83. The first-order valence-electron chi connectivity index (χ1n) is 5.71. The second-order valence-corrected chi connectivity index (χ2v) is 4.02. The molecule has 0 bridgehead atoms. The SMILES string of the molecule is N#Cc1oc2ccccc2c1Oc1nc(F)c(F)cc1F. The summed E-state index contributed by atoms with van der Waals surface area (Å²) >= 11 is 0. The van der Waals surface area contributed by atoms with Crippen LogP contribution in [-0.2, 0) is 0 Å². The van der Waals surface area contributed by atoms with E-state index in [2.05, 4.69) is 4.98 Å². The molecule has 4 nitrogen and oxygen atoms in total. The molecular weight excluding hydrogens is 285 g/mol. The summed E-state index contributed by atoms with van der Waals surface area (Å²) in [5, 5.41) is 9.38. The highest BCUT2D eigenvalue weighted by Gasteiger charge is 2.20. The molecule has 3 aromatic rings. The molecule has 2 aromatic heterocycles. The van der Waals surface area contributed by atoms with Crippen molar-refractivity contribution in [1.82, 2.24) is 4.98 Å². The lowest BCUT2D eigenvalue weighted by Gasteiger charge is -2.04. The molecule has 0 spiro atoms. The first-order chi connectivity index (χ1) is 10.1. The molecule has 104 valence electrons. The largest absolute Gasteiger partial charge is 0.442 e. The molecule has 0 saturated carbocycles. The lowest BCUT2D eigenvalue weighted by Crippen LogP contribution is -1.98. The van der Waals surface area contributed by atoms with Gasteiger partial charge in [0, 0.05) is 6.07 Å². The van der Waals surface area contributed by atoms with Gasteiger partial charge in [-0.2, -0.15) is 14.6 Å². The summed E-state index contributed by atoms with van der Waals surface area (Å²) in [6.45, 7) is 0. The first-order valence-corrected chi connectivity index (χ1v) is 5.71. The Morgan fingerprint density at radius 2 is 1.90 bits per heavy atom. The number of pyridine rings is 1. The van der Waals surface area contributed by atoms with E-state index in [9.17, 15) is 13.2 Å². The third-order valence-electron chi connectivity index (χ3n) is 2.70. The van der Waals surface area contributed by atoms with Gasteiger partial charge in [-0.3, -0.25) is 0 Å². The maximum absolute atomic E-state index is 13.6. The van der Waals surface area contributed by atoms with Gasteiger partial charge in [0.2, 0.25) is 5.76 Å². The monoisotopic (exact) mass is 290 g/mol. The molecule has 0 unspecified atom stereocenters. The molecule has 1 aromatic carbocycles. The summed E-state index contributed by atoms with van der Waals surface area (Å²) in [5.74, 6) is -5.23. The summed E-state index contributed by atoms with van der Waals surface area (Å²) in [6.07, 6.45) is 0. The number of nitrogens with zero attached hydrogens (tertiary/aromatic N) is 2. The van der Waals surface area contributed by atoms with Crippen LogP contribution in [-0.4, -0.2) is 4.98 Å². The number of ether oxygens (including phenoxy) is 1. The summed E-state index contributed by atoms with van der Waals surface area (Å²) in [7, 11) is 0. The Balaban J connectivity index is 2.14. The Morgan fingerprint density at radius 1 is 1.14 bits per heavy atom. The van der Waals surface area contributed by atoms with Gasteiger partial charge in [-0.1, -0.05) is 12.1 Å². The fraction of sp³-hybridized carbons (Fsp3) is 0. The molecule has 0 radical (unpaired) electrons. The average Bonchev–Trinajstić information content (AvgIpc) is 2.83. The van der Waals surface area contributed by atoms with Crippen LogP contribution in [0, 0.1) is 28.9 Å². The number of para-hydroxylation sites is 1. The molecule has 7 heteroatoms. The molecule has 0 atom stereocenters. The quantitative estimate of drug-likeness (QED) is 0.671. The van der Waals surface area contributed by atoms with E-state index in [1.807, 2.05) is 0 Å². The molecule has 3 rings (SSSR count). The molecule has 2 heterocycles. The number of nitriles is 1. The highest BCUT2D eigenvalue weighted by atomic mass is 19.2. The minimum absolute atomic E-state index is 0.106. The number of hydrogen-bond donors (Lipinski definition) is 0. The van der Waals surface area contributed by atoms with Gasteiger partial charge in [0.15, 0.2) is 17.4 Å². The summed E-state index contributed by atoms with van der Waals surface area (Å²) in [4.78, 5) is 3.04. The van der Waals surface area contributed by atoms with Gasteiger partial charge in [0.05, 0.1) is 5.39 Å². The number of rotatable bonds is 2. The minimum Gasteiger partial charge on any atom is -0.442 e. The van der Waals surface area contributed by atoms with Crippen molar-refractivity contribution in [3.05, 3.63) is 53.7 Å². The van der Waals surface area contributed by atoms with Gasteiger partial charge in [-0.05, 0) is 12.1 Å². The van der Waals surface area contributed by atoms with Crippen LogP contribution >= 0.6 is 0 Å². The number of aromatic nitrogens is 1. The van der Waals surface area contributed by atoms with Crippen molar-refractivity contribution in [2.24, 2.45) is 0 Å². The van der Waals surface area contributed by atoms with Crippen LogP contribution in [0.5, 0.6) is 11.6 Å². The minimum atomic E-state index is -1.50. The van der Waals surface area contributed by atoms with Crippen molar-refractivity contribution in [2.45, 2.75) is 0 Å². The topological polar surface area (TPSA) is 59.0 Å². The number of fused-ring (bicyclic) bond motifs is 1. The van der Waals surface area contributed by atoms with Crippen molar-refractivity contribution in [1.29, 1.82) is 5.26 Å². The predicted octanol–water partition coefficient (Wildman–Crippen LogP) is 3.91. The fourth-order valence-corrected chi connectivity index (χ4v) is 1.79. The predicted molar refractivity (Wildman–Crippen MR) is 65.1 cm³/mol. The molecule has 0 aliphatic carbocycles. The smallest absolute Gasteiger partial charge is 0.258 e. The van der Waals surface area contributed by atoms with Crippen LogP contribution in [0.1, 0.15) is 5.76 Å². The van der Waals surface area contributed by atoms with Crippen molar-refractivity contribution in [3.8, 4) is 17.7 Å². The standard InChI is InChI=1S/C14H5F3N2O2/c15-8-5-9(16)14(19-13(8)17)21-12-7-3-1-2-4-10(7)20-11(12)6-18/h1-5H. The average molecular weight is 290 g/mol. The van der Waals surface area contributed by atoms with E-state index in [1.165, 1.54) is 0 Å². The van der Waals surface area contributed by atoms with Gasteiger partial charge in [0.1, 0.15) is 11.7 Å². The summed E-state index contributed by atoms with van der Waals surface area (Å²) in [6, 6.07) is 8.54. The normalized spacial score (nSPS) is 10.6. The Morgan fingerprint density at radius 3 is 2.67 bits per heavy atom. The number of benzene rings is 1. The van der Waals surface area contributed by atoms with Crippen molar-refractivity contribution in [3.63, 3.8) is 0 Å². The van der Waals surface area contributed by atoms with Gasteiger partial charge < -0.3 is 9.15 Å². The van der Waals surface area contributed by atoms with Gasteiger partial charge in [-0.15, -0.1) is 0 Å². The Hall–Kier alpha value is -3.01. The Kier molecular flexibility index (Phi) is 2.99. The maximum atomic E-state index is 13.6. The van der Waals surface area contributed by atoms with Gasteiger partial charge in [0.25, 0.3) is 11.8 Å². The van der Waals surface area contributed by atoms with Crippen LogP contribution in [0.25, 0.3) is 11.0 Å². The fourth-order valence-electron chi connectivity index (χ4n) is 1.79. The molecule has 0 aliphatic rings. The van der Waals surface area contributed by atoms with Gasteiger partial charge >= 0.3 is 0 Å². The number of halogens is 3. The van der Waals surface area contributed by atoms with Crippen LogP contribution < -0.4 is 4.74 Å². The Labute approximate surface area is 116 Å². The molecule has 0 aliphatic heterocycles. The zero-order chi connectivity index (χ0) is 15.0. The van der Waals surface area contributed by atoms with Crippen LogP contribution in [0.2, 0.25) is 0 Å². The van der Waals surface area contributed by atoms with E-state index in [1.54, 1.807) is 30.3 Å². The van der Waals surface area contributed by atoms with Crippen LogP contribution in [0.15, 0.2) is 34.7 Å². The maximum Gasteiger partial charge on any atom is 0.258 e. The highest BCUT2D eigenvalue weighted by molar-refractivity contribution is 5.86. The van der Waals surface area contributed by atoms with E-state index < -0.39 is 23.5 Å². The van der Waals surface area contributed by atoms with E-state index in [4.69, 9.17) is 14.4 Å². The molecular formula is C14H5F3N2O2. The van der Waals surface area contributed by atoms with Crippen molar-refractivity contribution >= 4 is 11.0 Å². The highest BCUT2D eigenvalue weighted by Crippen LogP contribution is 2.36. The molecule has 0 saturated heterocycles. The third-order valence-corrected chi connectivity index (χ3v) is 2.70. The van der Waals surface area contributed by atoms with Gasteiger partial charge in [-0.25, -0.2) is 8.78 Å². The van der Waals surface area contributed by atoms with E-state index in [0.29, 0.717) is 17.0 Å². The lowest BCUT2D eigenvalue weighted by atomic mass is 10.2. The lowest BCUT2D eigenvalue weighted by molar-refractivity contribution is 0.384. The number of furan rings is 1. The second-order valence-electron chi connectivity index (χ2n) is 4.02. The molecule has 21 heavy (non-hydrogen) atoms. The molecule has 0 N–H and O–H groups in total. The zero-order valence-electron chi connectivity index (χ0n) is 10.2. The molecule has 0 amide bonds. The van der Waals surface area contributed by atoms with E-state index in [0.717, 1.165) is 0 Å². The first kappa shape index (κ1) is 13.0. The molecule has 0 fully saturated rings.